The van der Waals surface area contributed by atoms with Gasteiger partial charge in [-0.15, -0.1) is 6.42 Å². The van der Waals surface area contributed by atoms with Crippen molar-refractivity contribution < 1.29 is 28.5 Å². The zero-order valence-electron chi connectivity index (χ0n) is 26.9. The number of β-amino-alcohol motifs (C(OH)–C–C–N with tert-alkyl or cyclic N) is 1. The number of phenols is 1. The topological polar surface area (TPSA) is 104 Å². The summed E-state index contributed by atoms with van der Waals surface area (Å²) >= 11 is 0. The summed E-state index contributed by atoms with van der Waals surface area (Å²) in [7, 11) is 3.57. The second-order valence-electron chi connectivity index (χ2n) is 13.7. The van der Waals surface area contributed by atoms with Crippen molar-refractivity contribution in [2.45, 2.75) is 63.5 Å². The quantitative estimate of drug-likeness (QED) is 0.252. The van der Waals surface area contributed by atoms with Crippen LogP contribution < -0.4 is 14.4 Å². The Morgan fingerprint density at radius 3 is 2.62 bits per heavy atom. The summed E-state index contributed by atoms with van der Waals surface area (Å²) in [5.74, 6) is 1.09. The van der Waals surface area contributed by atoms with E-state index in [2.05, 4.69) is 27.8 Å². The third-order valence-corrected chi connectivity index (χ3v) is 10.4. The van der Waals surface area contributed by atoms with E-state index in [0.717, 1.165) is 38.6 Å². The van der Waals surface area contributed by atoms with Crippen LogP contribution in [0.4, 0.5) is 14.6 Å². The van der Waals surface area contributed by atoms with Crippen molar-refractivity contribution in [1.82, 2.24) is 19.9 Å². The molecule has 47 heavy (non-hydrogen) atoms. The van der Waals surface area contributed by atoms with Gasteiger partial charge in [-0.1, -0.05) is 18.4 Å². The Labute approximate surface area is 272 Å². The minimum absolute atomic E-state index is 0.0141. The molecule has 0 spiro atoms. The van der Waals surface area contributed by atoms with Crippen LogP contribution in [0.3, 0.4) is 0 Å². The number of rotatable bonds is 6. The molecule has 2 aromatic heterocycles. The first-order valence-corrected chi connectivity index (χ1v) is 16.2. The molecule has 1 aliphatic carbocycles. The van der Waals surface area contributed by atoms with Crippen molar-refractivity contribution in [3.05, 3.63) is 41.5 Å². The number of halogens is 2. The molecule has 2 N–H and O–H groups in total. The lowest BCUT2D eigenvalue weighted by Crippen LogP contribution is -2.50. The van der Waals surface area contributed by atoms with Gasteiger partial charge in [0.1, 0.15) is 34.0 Å². The molecule has 4 aromatic rings. The molecule has 0 bridgehead atoms. The van der Waals surface area contributed by atoms with Crippen LogP contribution in [0.2, 0.25) is 0 Å². The van der Waals surface area contributed by atoms with Crippen molar-refractivity contribution in [3.8, 4) is 41.2 Å². The Morgan fingerprint density at radius 2 is 1.85 bits per heavy atom. The number of hydrogen-bond acceptors (Lipinski definition) is 9. The summed E-state index contributed by atoms with van der Waals surface area (Å²) in [4.78, 5) is 18.3. The normalized spacial score (nSPS) is 24.8. The van der Waals surface area contributed by atoms with E-state index >= 15 is 4.39 Å². The van der Waals surface area contributed by atoms with Crippen molar-refractivity contribution >= 4 is 27.5 Å². The summed E-state index contributed by atoms with van der Waals surface area (Å²) < 4.78 is 44.1. The fraction of sp³-hybridized carbons (Fsp3) is 0.472. The van der Waals surface area contributed by atoms with Crippen LogP contribution in [0.15, 0.2) is 24.3 Å². The van der Waals surface area contributed by atoms with E-state index in [9.17, 15) is 14.6 Å². The molecular formula is C36H39F2N5O4. The van der Waals surface area contributed by atoms with E-state index in [1.54, 1.807) is 6.92 Å². The summed E-state index contributed by atoms with van der Waals surface area (Å²) in [5.41, 5.74) is -1.35. The minimum Gasteiger partial charge on any atom is -0.508 e. The molecule has 3 fully saturated rings. The first-order valence-electron chi connectivity index (χ1n) is 16.2. The smallest absolute Gasteiger partial charge is 0.319 e. The molecule has 3 aliphatic rings. The third-order valence-electron chi connectivity index (χ3n) is 10.4. The summed E-state index contributed by atoms with van der Waals surface area (Å²) in [6.45, 7) is 4.02. The molecule has 2 aliphatic heterocycles. The van der Waals surface area contributed by atoms with Gasteiger partial charge in [-0.05, 0) is 82.6 Å². The Hall–Kier alpha value is -4.27. The number of nitrogens with zero attached hydrogens (tertiary/aromatic N) is 5. The van der Waals surface area contributed by atoms with Crippen molar-refractivity contribution in [2.24, 2.45) is 5.41 Å². The lowest BCUT2D eigenvalue weighted by Gasteiger charge is -2.44. The lowest BCUT2D eigenvalue weighted by atomic mass is 9.76. The maximum absolute atomic E-state index is 17.0. The van der Waals surface area contributed by atoms with Crippen LogP contribution in [-0.4, -0.2) is 82.1 Å². The molecule has 11 heteroatoms. The maximum Gasteiger partial charge on any atom is 0.319 e. The average molecular weight is 644 g/mol. The average Bonchev–Trinajstić information content (AvgIpc) is 3.49. The number of ether oxygens (including phenoxy) is 2. The number of pyridine rings is 1. The molecule has 3 atom stereocenters. The standard InChI is InChI=1S/C36H39F2N5O4/c1-5-23-25(37)11-10-21-17-22(44)18-24(27(21)23)30-29(38)31-28(33(39-30)46-4)32(43-16-7-12-35(2,45)19-43)41-34(40-31)47-20-36-13-6-9-26(36)42(3)15-8-14-36/h1,10-11,17-18,26,44-45H,6-9,12-16,19-20H2,2-4H3. The van der Waals surface area contributed by atoms with Crippen molar-refractivity contribution in [2.75, 3.05) is 45.3 Å². The SMILES string of the molecule is C#Cc1c(F)ccc2cc(O)cc(-c3nc(OC)c4c(N5CCCC(C)(O)C5)nc(OCC56CCCC5N(C)CCC6)nc4c3F)c12. The van der Waals surface area contributed by atoms with Crippen LogP contribution >= 0.6 is 0 Å². The second-order valence-corrected chi connectivity index (χ2v) is 13.7. The monoisotopic (exact) mass is 643 g/mol. The molecule has 0 radical (unpaired) electrons. The second kappa shape index (κ2) is 11.8. The van der Waals surface area contributed by atoms with Crippen LogP contribution in [0.1, 0.15) is 57.4 Å². The largest absolute Gasteiger partial charge is 0.508 e. The van der Waals surface area contributed by atoms with Gasteiger partial charge in [-0.25, -0.2) is 13.8 Å². The van der Waals surface area contributed by atoms with Crippen LogP contribution in [0.5, 0.6) is 17.6 Å². The van der Waals surface area contributed by atoms with E-state index < -0.39 is 17.2 Å². The zero-order valence-corrected chi connectivity index (χ0v) is 26.9. The predicted molar refractivity (Wildman–Crippen MR) is 176 cm³/mol. The van der Waals surface area contributed by atoms with E-state index in [1.165, 1.54) is 31.4 Å². The number of hydrogen-bond donors (Lipinski definition) is 2. The number of aromatic hydroxyl groups is 1. The molecule has 2 aromatic carbocycles. The van der Waals surface area contributed by atoms with Gasteiger partial charge < -0.3 is 29.5 Å². The summed E-state index contributed by atoms with van der Waals surface area (Å²) in [6.07, 6.45) is 12.4. The van der Waals surface area contributed by atoms with Gasteiger partial charge in [0.05, 0.1) is 24.9 Å². The fourth-order valence-corrected chi connectivity index (χ4v) is 8.26. The van der Waals surface area contributed by atoms with Crippen LogP contribution in [0, 0.1) is 29.4 Å². The molecule has 246 valence electrons. The lowest BCUT2D eigenvalue weighted by molar-refractivity contribution is 0.0132. The number of likely N-dealkylation sites (tertiary alicyclic amines) is 1. The highest BCUT2D eigenvalue weighted by Crippen LogP contribution is 2.48. The molecule has 1 saturated carbocycles. The van der Waals surface area contributed by atoms with Crippen LogP contribution in [0.25, 0.3) is 32.9 Å². The predicted octanol–water partition coefficient (Wildman–Crippen LogP) is 5.81. The molecular weight excluding hydrogens is 604 g/mol. The first kappa shape index (κ1) is 31.3. The van der Waals surface area contributed by atoms with Gasteiger partial charge in [0, 0.05) is 35.5 Å². The number of terminal acetylenes is 1. The Balaban J connectivity index is 1.43. The highest BCUT2D eigenvalue weighted by Gasteiger charge is 2.47. The Bertz CT molecular complexity index is 1930. The van der Waals surface area contributed by atoms with Gasteiger partial charge in [-0.2, -0.15) is 9.97 Å². The van der Waals surface area contributed by atoms with E-state index in [-0.39, 0.29) is 62.7 Å². The van der Waals surface area contributed by atoms with Crippen LogP contribution in [-0.2, 0) is 0 Å². The van der Waals surface area contributed by atoms with Gasteiger partial charge in [0.15, 0.2) is 5.82 Å². The van der Waals surface area contributed by atoms with E-state index in [0.29, 0.717) is 43.2 Å². The Morgan fingerprint density at radius 1 is 1.06 bits per heavy atom. The molecule has 9 nitrogen and oxygen atoms in total. The molecule has 0 amide bonds. The maximum atomic E-state index is 17.0. The molecule has 7 rings (SSSR count). The zero-order chi connectivity index (χ0) is 33.1. The first-order chi connectivity index (χ1) is 22.5. The number of benzene rings is 2. The van der Waals surface area contributed by atoms with Crippen molar-refractivity contribution in [3.63, 3.8) is 0 Å². The molecule has 3 unspecified atom stereocenters. The van der Waals surface area contributed by atoms with Gasteiger partial charge in [-0.3, -0.25) is 0 Å². The van der Waals surface area contributed by atoms with Gasteiger partial charge in [0.2, 0.25) is 5.88 Å². The number of aliphatic hydroxyl groups is 1. The highest BCUT2D eigenvalue weighted by molar-refractivity contribution is 6.04. The minimum atomic E-state index is -0.991. The number of phenolic OH excluding ortho intramolecular Hbond substituents is 1. The highest BCUT2D eigenvalue weighted by atomic mass is 19.1. The molecule has 4 heterocycles. The number of aromatic nitrogens is 3. The number of methoxy groups -OCH3 is 1. The fourth-order valence-electron chi connectivity index (χ4n) is 8.26. The number of fused-ring (bicyclic) bond motifs is 3. The third kappa shape index (κ3) is 5.37. The molecule has 2 saturated heterocycles. The number of piperidine rings is 2. The summed E-state index contributed by atoms with van der Waals surface area (Å²) in [6, 6.07) is 5.83. The van der Waals surface area contributed by atoms with E-state index in [4.69, 9.17) is 20.9 Å². The number of anilines is 1. The van der Waals surface area contributed by atoms with Crippen molar-refractivity contribution in [1.29, 1.82) is 0 Å². The van der Waals surface area contributed by atoms with E-state index in [1.807, 2.05) is 4.90 Å². The summed E-state index contributed by atoms with van der Waals surface area (Å²) in [5, 5.41) is 22.5. The van der Waals surface area contributed by atoms with Gasteiger partial charge in [0.25, 0.3) is 0 Å². The van der Waals surface area contributed by atoms with Gasteiger partial charge >= 0.3 is 6.01 Å². The Kier molecular flexibility index (Phi) is 7.84.